The lowest BCUT2D eigenvalue weighted by atomic mass is 10.00. The zero-order valence-corrected chi connectivity index (χ0v) is 21.9. The highest BCUT2D eigenvalue weighted by atomic mass is 19.1. The summed E-state index contributed by atoms with van der Waals surface area (Å²) in [6, 6.07) is 3.38. The maximum Gasteiger partial charge on any atom is 0.191 e. The van der Waals surface area contributed by atoms with Gasteiger partial charge in [0.05, 0.1) is 6.04 Å². The summed E-state index contributed by atoms with van der Waals surface area (Å²) < 4.78 is 26.6. The molecule has 3 nitrogen and oxygen atoms in total. The summed E-state index contributed by atoms with van der Waals surface area (Å²) in [5.74, 6) is -0.675. The summed E-state index contributed by atoms with van der Waals surface area (Å²) in [5, 5.41) is 6.36. The van der Waals surface area contributed by atoms with Gasteiger partial charge in [0, 0.05) is 19.7 Å². The summed E-state index contributed by atoms with van der Waals surface area (Å²) >= 11 is 0. The van der Waals surface area contributed by atoms with Gasteiger partial charge < -0.3 is 10.6 Å². The molecule has 0 fully saturated rings. The fraction of sp³-hybridized carbons (Fsp3) is 0.393. The Balaban J connectivity index is -0.00000115. The van der Waals surface area contributed by atoms with Gasteiger partial charge in [-0.05, 0) is 50.5 Å². The van der Waals surface area contributed by atoms with Crippen molar-refractivity contribution in [2.75, 3.05) is 7.05 Å². The fourth-order valence-electron chi connectivity index (χ4n) is 2.40. The van der Waals surface area contributed by atoms with Gasteiger partial charge in [0.1, 0.15) is 11.6 Å². The first-order valence-electron chi connectivity index (χ1n) is 11.4. The highest BCUT2D eigenvalue weighted by Gasteiger charge is 2.13. The van der Waals surface area contributed by atoms with Gasteiger partial charge in [0.2, 0.25) is 0 Å². The van der Waals surface area contributed by atoms with Crippen LogP contribution in [0.4, 0.5) is 8.78 Å². The van der Waals surface area contributed by atoms with Gasteiger partial charge in [0.25, 0.3) is 0 Å². The van der Waals surface area contributed by atoms with E-state index >= 15 is 0 Å². The predicted molar refractivity (Wildman–Crippen MR) is 145 cm³/mol. The normalized spacial score (nSPS) is 11.5. The van der Waals surface area contributed by atoms with E-state index in [1.54, 1.807) is 19.2 Å². The molecule has 0 aliphatic carbocycles. The summed E-state index contributed by atoms with van der Waals surface area (Å²) in [5.41, 5.74) is 2.55. The van der Waals surface area contributed by atoms with Gasteiger partial charge in [-0.2, -0.15) is 0 Å². The second-order valence-electron chi connectivity index (χ2n) is 6.34. The number of nitrogens with one attached hydrogen (secondary N) is 2. The number of rotatable bonds is 8. The number of halogens is 2. The van der Waals surface area contributed by atoms with Gasteiger partial charge >= 0.3 is 0 Å². The maximum atomic E-state index is 13.3. The van der Waals surface area contributed by atoms with Crippen molar-refractivity contribution in [1.82, 2.24) is 10.6 Å². The number of hydrogen-bond donors (Lipinski definition) is 2. The Morgan fingerprint density at radius 3 is 1.97 bits per heavy atom. The molecule has 0 saturated heterocycles. The number of benzene rings is 1. The van der Waals surface area contributed by atoms with E-state index in [-0.39, 0.29) is 12.6 Å². The predicted octanol–water partition coefficient (Wildman–Crippen LogP) is 7.90. The smallest absolute Gasteiger partial charge is 0.191 e. The quantitative estimate of drug-likeness (QED) is 0.179. The van der Waals surface area contributed by atoms with Crippen LogP contribution in [0.25, 0.3) is 0 Å². The largest absolute Gasteiger partial charge is 0.352 e. The molecule has 5 heteroatoms. The molecule has 0 saturated carbocycles. The Kier molecular flexibility index (Phi) is 24.9. The molecule has 0 unspecified atom stereocenters. The van der Waals surface area contributed by atoms with Crippen LogP contribution in [0.2, 0.25) is 0 Å². The molecule has 1 atom stereocenters. The van der Waals surface area contributed by atoms with E-state index in [0.29, 0.717) is 17.9 Å². The molecule has 0 amide bonds. The second kappa shape index (κ2) is 23.7. The first-order chi connectivity index (χ1) is 15.8. The lowest BCUT2D eigenvalue weighted by Gasteiger charge is -2.22. The second-order valence-corrected chi connectivity index (χ2v) is 6.34. The van der Waals surface area contributed by atoms with E-state index in [2.05, 4.69) is 35.4 Å². The lowest BCUT2D eigenvalue weighted by molar-refractivity contribution is 0.578. The van der Waals surface area contributed by atoms with Gasteiger partial charge in [-0.1, -0.05) is 76.8 Å². The molecule has 1 aromatic rings. The molecule has 0 radical (unpaired) electrons. The van der Waals surface area contributed by atoms with Crippen LogP contribution in [0.15, 0.2) is 84.5 Å². The van der Waals surface area contributed by atoms with Crippen molar-refractivity contribution in [1.29, 1.82) is 0 Å². The molecule has 0 aliphatic heterocycles. The van der Waals surface area contributed by atoms with Crippen molar-refractivity contribution >= 4 is 5.96 Å². The molecule has 0 aromatic heterocycles. The fourth-order valence-corrected chi connectivity index (χ4v) is 2.40. The monoisotopic (exact) mass is 461 g/mol. The van der Waals surface area contributed by atoms with Crippen LogP contribution < -0.4 is 10.6 Å². The van der Waals surface area contributed by atoms with Crippen molar-refractivity contribution in [2.45, 2.75) is 67.5 Å². The number of guanidine groups is 1. The molecule has 0 aliphatic rings. The van der Waals surface area contributed by atoms with E-state index in [9.17, 15) is 8.78 Å². The summed E-state index contributed by atoms with van der Waals surface area (Å²) in [6.45, 7) is 25.2. The van der Waals surface area contributed by atoms with Gasteiger partial charge in [-0.3, -0.25) is 4.99 Å². The van der Waals surface area contributed by atoms with Gasteiger partial charge in [-0.25, -0.2) is 8.78 Å². The van der Waals surface area contributed by atoms with Crippen LogP contribution in [-0.4, -0.2) is 19.0 Å². The minimum atomic E-state index is -0.602. The van der Waals surface area contributed by atoms with E-state index in [1.807, 2.05) is 66.7 Å². The zero-order valence-electron chi connectivity index (χ0n) is 21.9. The molecular formula is C28H45F2N3. The molecule has 0 bridgehead atoms. The van der Waals surface area contributed by atoms with Crippen LogP contribution in [0.1, 0.15) is 60.5 Å². The van der Waals surface area contributed by atoms with Crippen LogP contribution in [0.5, 0.6) is 0 Å². The molecule has 1 rings (SSSR count). The van der Waals surface area contributed by atoms with Crippen LogP contribution >= 0.6 is 0 Å². The van der Waals surface area contributed by atoms with E-state index in [4.69, 9.17) is 0 Å². The van der Waals surface area contributed by atoms with Crippen LogP contribution in [0, 0.1) is 11.6 Å². The Labute approximate surface area is 201 Å². The Hall–Kier alpha value is -2.95. The van der Waals surface area contributed by atoms with Crippen LogP contribution in [-0.2, 0) is 6.54 Å². The first kappa shape index (κ1) is 34.7. The molecule has 186 valence electrons. The summed E-state index contributed by atoms with van der Waals surface area (Å²) in [7, 11) is 1.64. The lowest BCUT2D eigenvalue weighted by Crippen LogP contribution is -2.43. The van der Waals surface area contributed by atoms with Gasteiger partial charge in [0.15, 0.2) is 5.96 Å². The minimum absolute atomic E-state index is 0.0483. The van der Waals surface area contributed by atoms with E-state index < -0.39 is 11.6 Å². The third kappa shape index (κ3) is 18.3. The molecule has 0 heterocycles. The number of nitrogens with zero attached hydrogens (tertiary/aromatic N) is 1. The average molecular weight is 462 g/mol. The summed E-state index contributed by atoms with van der Waals surface area (Å²) in [6.07, 6.45) is 10.1. The molecule has 1 aromatic carbocycles. The van der Waals surface area contributed by atoms with Gasteiger partial charge in [-0.15, -0.1) is 6.58 Å². The standard InChI is InChI=1S/C21H27F2N3.C3H6.2C2H6/c1-6-8-16(9-7-2)12-20(15(3)4)26-21(24-5)25-14-17-10-18(22)13-19(23)11-17;1-3-2;2*1-2/h6-11,13,20H,1,3,12,14H2,2,4-5H3,(H2,24,25,26);3H,1H2,2H3;2*1-2H3/b9-7-,16-8+;;;/t20-;;;/m0.../s1. The Morgan fingerprint density at radius 1 is 1.06 bits per heavy atom. The molecule has 0 spiro atoms. The third-order valence-corrected chi connectivity index (χ3v) is 3.66. The van der Waals surface area contributed by atoms with E-state index in [1.165, 1.54) is 12.1 Å². The van der Waals surface area contributed by atoms with Crippen molar-refractivity contribution < 1.29 is 8.78 Å². The molecule has 2 N–H and O–H groups in total. The Morgan fingerprint density at radius 2 is 1.58 bits per heavy atom. The van der Waals surface area contributed by atoms with Crippen molar-refractivity contribution in [3.63, 3.8) is 0 Å². The SMILES string of the molecule is C=C/C=C(\C=C/C)C[C@H](NC(=NC)NCc1cc(F)cc(F)c1)C(=C)C.C=CC.CC.CC. The van der Waals surface area contributed by atoms with Crippen LogP contribution in [0.3, 0.4) is 0 Å². The highest BCUT2D eigenvalue weighted by molar-refractivity contribution is 5.80. The molecular weight excluding hydrogens is 416 g/mol. The number of hydrogen-bond acceptors (Lipinski definition) is 1. The average Bonchev–Trinajstić information content (AvgIpc) is 2.78. The van der Waals surface area contributed by atoms with E-state index in [0.717, 1.165) is 17.2 Å². The minimum Gasteiger partial charge on any atom is -0.352 e. The number of allylic oxidation sites excluding steroid dienone is 5. The Bertz CT molecular complexity index is 742. The first-order valence-corrected chi connectivity index (χ1v) is 11.4. The molecule has 33 heavy (non-hydrogen) atoms. The third-order valence-electron chi connectivity index (χ3n) is 3.66. The zero-order chi connectivity index (χ0) is 26.2. The summed E-state index contributed by atoms with van der Waals surface area (Å²) in [4.78, 5) is 4.18. The maximum absolute atomic E-state index is 13.3. The highest BCUT2D eigenvalue weighted by Crippen LogP contribution is 2.13. The van der Waals surface area contributed by atoms with Crippen molar-refractivity contribution in [3.8, 4) is 0 Å². The number of aliphatic imine (C=N–C) groups is 1. The topological polar surface area (TPSA) is 36.4 Å². The van der Waals surface area contributed by atoms with Crippen molar-refractivity contribution in [3.05, 3.63) is 96.7 Å². The van der Waals surface area contributed by atoms with Crippen molar-refractivity contribution in [2.24, 2.45) is 4.99 Å².